The average molecular weight is 260 g/mol. The van der Waals surface area contributed by atoms with E-state index in [1.165, 1.54) is 0 Å². The summed E-state index contributed by atoms with van der Waals surface area (Å²) in [5, 5.41) is -1.37. The van der Waals surface area contributed by atoms with Crippen molar-refractivity contribution in [3.63, 3.8) is 0 Å². The Morgan fingerprint density at radius 3 is 2.53 bits per heavy atom. The minimum absolute atomic E-state index is 0.367. The standard InChI is InChI=1S/C7H2Cl2F3NO2/c8-3-2-13-4(6(9)14)1-5(3)15-7(10,11)12/h1-2H. The van der Waals surface area contributed by atoms with Gasteiger partial charge in [0.1, 0.15) is 10.7 Å². The van der Waals surface area contributed by atoms with Crippen LogP contribution in [0.25, 0.3) is 0 Å². The van der Waals surface area contributed by atoms with Gasteiger partial charge in [0.15, 0.2) is 5.75 Å². The van der Waals surface area contributed by atoms with E-state index in [2.05, 4.69) is 9.72 Å². The van der Waals surface area contributed by atoms with Gasteiger partial charge in [0.2, 0.25) is 0 Å². The van der Waals surface area contributed by atoms with E-state index in [1.807, 2.05) is 0 Å². The van der Waals surface area contributed by atoms with Crippen LogP contribution in [0.15, 0.2) is 12.3 Å². The van der Waals surface area contributed by atoms with Crippen LogP contribution in [-0.4, -0.2) is 16.6 Å². The van der Waals surface area contributed by atoms with Gasteiger partial charge >= 0.3 is 6.36 Å². The minimum atomic E-state index is -4.89. The van der Waals surface area contributed by atoms with E-state index < -0.39 is 17.4 Å². The van der Waals surface area contributed by atoms with Crippen LogP contribution < -0.4 is 4.74 Å². The molecule has 0 N–H and O–H groups in total. The zero-order valence-electron chi connectivity index (χ0n) is 6.81. The Morgan fingerprint density at radius 1 is 1.47 bits per heavy atom. The number of pyridine rings is 1. The predicted octanol–water partition coefficient (Wildman–Crippen LogP) is 3.01. The van der Waals surface area contributed by atoms with Crippen molar-refractivity contribution in [2.75, 3.05) is 0 Å². The maximum atomic E-state index is 11.8. The van der Waals surface area contributed by atoms with Gasteiger partial charge in [0.05, 0.1) is 6.20 Å². The lowest BCUT2D eigenvalue weighted by atomic mass is 10.3. The third-order valence-electron chi connectivity index (χ3n) is 1.25. The Labute approximate surface area is 91.8 Å². The van der Waals surface area contributed by atoms with Gasteiger partial charge in [-0.2, -0.15) is 0 Å². The molecule has 0 aliphatic rings. The Morgan fingerprint density at radius 2 is 2.07 bits per heavy atom. The van der Waals surface area contributed by atoms with E-state index in [4.69, 9.17) is 23.2 Å². The second kappa shape index (κ2) is 4.24. The zero-order valence-corrected chi connectivity index (χ0v) is 8.32. The normalized spacial score (nSPS) is 11.3. The summed E-state index contributed by atoms with van der Waals surface area (Å²) in [6.45, 7) is 0. The number of hydrogen-bond acceptors (Lipinski definition) is 3. The molecule has 15 heavy (non-hydrogen) atoms. The number of rotatable bonds is 2. The summed E-state index contributed by atoms with van der Waals surface area (Å²) < 4.78 is 39.0. The molecule has 0 radical (unpaired) electrons. The molecule has 0 aliphatic heterocycles. The van der Waals surface area contributed by atoms with Gasteiger partial charge in [-0.05, 0) is 11.6 Å². The molecule has 1 aromatic rings. The second-order valence-corrected chi connectivity index (χ2v) is 3.07. The number of carbonyl (C=O) groups is 1. The Bertz CT molecular complexity index is 394. The van der Waals surface area contributed by atoms with E-state index in [0.29, 0.717) is 6.07 Å². The van der Waals surface area contributed by atoms with Gasteiger partial charge < -0.3 is 4.74 Å². The molecule has 0 fully saturated rings. The molecule has 3 nitrogen and oxygen atoms in total. The molecule has 0 saturated carbocycles. The Hall–Kier alpha value is -1.01. The Balaban J connectivity index is 3.06. The quantitative estimate of drug-likeness (QED) is 0.767. The van der Waals surface area contributed by atoms with Gasteiger partial charge in [0.25, 0.3) is 5.24 Å². The summed E-state index contributed by atoms with van der Waals surface area (Å²) in [6, 6.07) is 0.713. The molecule has 1 heterocycles. The van der Waals surface area contributed by atoms with Crippen LogP contribution in [0.5, 0.6) is 5.75 Å². The van der Waals surface area contributed by atoms with Crippen LogP contribution in [0.2, 0.25) is 5.02 Å². The molecule has 82 valence electrons. The van der Waals surface area contributed by atoms with Gasteiger partial charge in [-0.1, -0.05) is 11.6 Å². The zero-order chi connectivity index (χ0) is 11.6. The number of carbonyl (C=O) groups excluding carboxylic acids is 1. The first-order valence-electron chi connectivity index (χ1n) is 3.41. The van der Waals surface area contributed by atoms with Gasteiger partial charge in [-0.25, -0.2) is 4.98 Å². The molecule has 0 atom stereocenters. The number of nitrogens with zero attached hydrogens (tertiary/aromatic N) is 1. The van der Waals surface area contributed by atoms with Crippen molar-refractivity contribution in [2.45, 2.75) is 6.36 Å². The summed E-state index contributed by atoms with van der Waals surface area (Å²) in [7, 11) is 0. The van der Waals surface area contributed by atoms with Crippen LogP contribution in [0, 0.1) is 0 Å². The first-order chi connectivity index (χ1) is 6.79. The largest absolute Gasteiger partial charge is 0.573 e. The lowest BCUT2D eigenvalue weighted by Crippen LogP contribution is -2.17. The minimum Gasteiger partial charge on any atom is -0.404 e. The molecule has 0 aliphatic carbocycles. The third-order valence-corrected chi connectivity index (χ3v) is 1.72. The fourth-order valence-electron chi connectivity index (χ4n) is 0.731. The SMILES string of the molecule is O=C(Cl)c1cc(OC(F)(F)F)c(Cl)cn1. The molecule has 0 aromatic carbocycles. The number of halogens is 5. The molecule has 0 spiro atoms. The van der Waals surface area contributed by atoms with E-state index >= 15 is 0 Å². The molecule has 0 saturated heterocycles. The number of aromatic nitrogens is 1. The highest BCUT2D eigenvalue weighted by Crippen LogP contribution is 2.30. The summed E-state index contributed by atoms with van der Waals surface area (Å²) >= 11 is 10.4. The van der Waals surface area contributed by atoms with Gasteiger partial charge in [0, 0.05) is 6.07 Å². The first-order valence-corrected chi connectivity index (χ1v) is 4.16. The van der Waals surface area contributed by atoms with Crippen LogP contribution in [0.1, 0.15) is 10.5 Å². The summed E-state index contributed by atoms with van der Waals surface area (Å²) in [5.74, 6) is -0.719. The smallest absolute Gasteiger partial charge is 0.404 e. The molecule has 0 unspecified atom stereocenters. The fraction of sp³-hybridized carbons (Fsp3) is 0.143. The highest BCUT2D eigenvalue weighted by molar-refractivity contribution is 6.67. The summed E-state index contributed by atoms with van der Waals surface area (Å²) in [5.41, 5.74) is -0.375. The van der Waals surface area contributed by atoms with Crippen LogP contribution in [-0.2, 0) is 0 Å². The lowest BCUT2D eigenvalue weighted by molar-refractivity contribution is -0.274. The van der Waals surface area contributed by atoms with Gasteiger partial charge in [-0.3, -0.25) is 4.79 Å². The summed E-state index contributed by atoms with van der Waals surface area (Å²) in [6.07, 6.45) is -4.05. The molecule has 0 amide bonds. The highest BCUT2D eigenvalue weighted by Gasteiger charge is 2.32. The van der Waals surface area contributed by atoms with Crippen molar-refractivity contribution >= 4 is 28.4 Å². The third kappa shape index (κ3) is 3.56. The van der Waals surface area contributed by atoms with Gasteiger partial charge in [-0.15, -0.1) is 13.2 Å². The lowest BCUT2D eigenvalue weighted by Gasteiger charge is -2.10. The maximum Gasteiger partial charge on any atom is 0.573 e. The average Bonchev–Trinajstić information content (AvgIpc) is 2.06. The molecule has 0 bridgehead atoms. The van der Waals surface area contributed by atoms with E-state index in [0.717, 1.165) is 6.20 Å². The number of ether oxygens (including phenoxy) is 1. The summed E-state index contributed by atoms with van der Waals surface area (Å²) in [4.78, 5) is 14.0. The van der Waals surface area contributed by atoms with Crippen LogP contribution in [0.4, 0.5) is 13.2 Å². The second-order valence-electron chi connectivity index (χ2n) is 2.32. The predicted molar refractivity (Wildman–Crippen MR) is 46.1 cm³/mol. The van der Waals surface area contributed by atoms with Crippen molar-refractivity contribution in [1.82, 2.24) is 4.98 Å². The van der Waals surface area contributed by atoms with Crippen molar-refractivity contribution in [3.05, 3.63) is 23.0 Å². The van der Waals surface area contributed by atoms with Crippen molar-refractivity contribution in [1.29, 1.82) is 0 Å². The monoisotopic (exact) mass is 259 g/mol. The maximum absolute atomic E-state index is 11.8. The Kier molecular flexibility index (Phi) is 3.41. The molecular weight excluding hydrogens is 258 g/mol. The molecule has 1 rings (SSSR count). The fourth-order valence-corrected chi connectivity index (χ4v) is 0.976. The highest BCUT2D eigenvalue weighted by atomic mass is 35.5. The van der Waals surface area contributed by atoms with E-state index in [1.54, 1.807) is 0 Å². The van der Waals surface area contributed by atoms with Crippen LogP contribution >= 0.6 is 23.2 Å². The number of alkyl halides is 3. The van der Waals surface area contributed by atoms with Crippen molar-refractivity contribution in [3.8, 4) is 5.75 Å². The molecule has 8 heteroatoms. The molecule has 1 aromatic heterocycles. The first kappa shape index (κ1) is 12.1. The number of hydrogen-bond donors (Lipinski definition) is 0. The van der Waals surface area contributed by atoms with E-state index in [-0.39, 0.29) is 10.7 Å². The van der Waals surface area contributed by atoms with Crippen LogP contribution in [0.3, 0.4) is 0 Å². The van der Waals surface area contributed by atoms with Crippen molar-refractivity contribution in [2.24, 2.45) is 0 Å². The van der Waals surface area contributed by atoms with E-state index in [9.17, 15) is 18.0 Å². The molecular formula is C7H2Cl2F3NO2. The topological polar surface area (TPSA) is 39.2 Å². The van der Waals surface area contributed by atoms with Crippen molar-refractivity contribution < 1.29 is 22.7 Å².